The number of fused-ring (bicyclic) bond motifs is 1. The first-order valence-electron chi connectivity index (χ1n) is 11.0. The molecule has 3 aliphatic carbocycles. The average molecular weight is 432 g/mol. The van der Waals surface area contributed by atoms with E-state index < -0.39 is 35.9 Å². The Morgan fingerprint density at radius 3 is 2.58 bits per heavy atom. The van der Waals surface area contributed by atoms with Crippen LogP contribution < -0.4 is 5.32 Å². The molecule has 0 aromatic heterocycles. The van der Waals surface area contributed by atoms with Gasteiger partial charge in [-0.1, -0.05) is 32.4 Å². The van der Waals surface area contributed by atoms with Crippen LogP contribution in [0.2, 0.25) is 0 Å². The Hall–Kier alpha value is -2.41. The molecule has 0 amide bonds. The minimum Gasteiger partial charge on any atom is -0.505 e. The Morgan fingerprint density at radius 2 is 1.97 bits per heavy atom. The van der Waals surface area contributed by atoms with E-state index in [0.717, 1.165) is 31.8 Å². The van der Waals surface area contributed by atoms with Crippen LogP contribution in [0.15, 0.2) is 34.8 Å². The van der Waals surface area contributed by atoms with E-state index in [1.807, 2.05) is 0 Å². The van der Waals surface area contributed by atoms with Gasteiger partial charge in [0.15, 0.2) is 0 Å². The van der Waals surface area contributed by atoms with Gasteiger partial charge in [0.25, 0.3) is 0 Å². The van der Waals surface area contributed by atoms with E-state index in [9.17, 15) is 29.7 Å². The number of rotatable bonds is 6. The molecule has 31 heavy (non-hydrogen) atoms. The highest BCUT2D eigenvalue weighted by Gasteiger charge is 2.54. The molecule has 1 fully saturated rings. The van der Waals surface area contributed by atoms with Crippen LogP contribution in [0.3, 0.4) is 0 Å². The monoisotopic (exact) mass is 431 g/mol. The molecule has 0 aromatic carbocycles. The first kappa shape index (κ1) is 23.3. The first-order valence-corrected chi connectivity index (χ1v) is 11.0. The number of aliphatic hydroxyl groups excluding tert-OH is 2. The third-order valence-electron chi connectivity index (χ3n) is 8.28. The number of ketones is 2. The highest BCUT2D eigenvalue weighted by atomic mass is 16.4. The lowest BCUT2D eigenvalue weighted by Crippen LogP contribution is -2.50. The van der Waals surface area contributed by atoms with Gasteiger partial charge < -0.3 is 20.6 Å². The summed E-state index contributed by atoms with van der Waals surface area (Å²) in [4.78, 5) is 36.4. The molecule has 0 spiro atoms. The second kappa shape index (κ2) is 8.26. The third kappa shape index (κ3) is 3.84. The zero-order valence-corrected chi connectivity index (χ0v) is 18.7. The van der Waals surface area contributed by atoms with Crippen LogP contribution in [-0.4, -0.2) is 45.5 Å². The molecule has 0 saturated heterocycles. The van der Waals surface area contributed by atoms with Crippen LogP contribution in [0.25, 0.3) is 0 Å². The van der Waals surface area contributed by atoms with Crippen molar-refractivity contribution in [2.45, 2.75) is 65.8 Å². The summed E-state index contributed by atoms with van der Waals surface area (Å²) in [5.74, 6) is -2.69. The smallest absolute Gasteiger partial charge is 0.328 e. The van der Waals surface area contributed by atoms with Gasteiger partial charge in [-0.05, 0) is 61.7 Å². The summed E-state index contributed by atoms with van der Waals surface area (Å²) in [7, 11) is 0. The first-order chi connectivity index (χ1) is 14.5. The molecule has 4 N–H and O–H groups in total. The molecule has 0 radical (unpaired) electrons. The maximum atomic E-state index is 12.8. The number of aliphatic carboxylic acids is 1. The molecule has 170 valence electrons. The van der Waals surface area contributed by atoms with E-state index in [1.54, 1.807) is 0 Å². The standard InChI is InChI=1S/C24H33NO6/c1-13-6-5-7-19-23(13,3)9-8-14(2)24(19,4)11-15-20(28)16(10-18(27)21(15)29)25-17(12-26)22(30)31/h6,10,14,17,19,25-26,28H,5,7-9,11-12H2,1-4H3,(H,30,31)/t14-,17-,19+,23+,24+/m0/s1. The Bertz CT molecular complexity index is 900. The number of allylic oxidation sites excluding steroid dienone is 4. The van der Waals surface area contributed by atoms with Crippen molar-refractivity contribution in [3.63, 3.8) is 0 Å². The van der Waals surface area contributed by atoms with Gasteiger partial charge in [-0.3, -0.25) is 9.59 Å². The van der Waals surface area contributed by atoms with Crippen LogP contribution >= 0.6 is 0 Å². The van der Waals surface area contributed by atoms with E-state index in [2.05, 4.69) is 39.1 Å². The van der Waals surface area contributed by atoms with Crippen LogP contribution in [0.4, 0.5) is 0 Å². The zero-order chi connectivity index (χ0) is 23.1. The van der Waals surface area contributed by atoms with Crippen molar-refractivity contribution in [2.75, 3.05) is 6.61 Å². The highest BCUT2D eigenvalue weighted by Crippen LogP contribution is 2.62. The summed E-state index contributed by atoms with van der Waals surface area (Å²) in [6.07, 6.45) is 7.46. The molecule has 3 aliphatic rings. The molecule has 0 aliphatic heterocycles. The molecule has 7 nitrogen and oxygen atoms in total. The third-order valence-corrected chi connectivity index (χ3v) is 8.28. The largest absolute Gasteiger partial charge is 0.505 e. The summed E-state index contributed by atoms with van der Waals surface area (Å²) in [6, 6.07) is -1.39. The molecule has 5 atom stereocenters. The lowest BCUT2D eigenvalue weighted by molar-refractivity contribution is -0.140. The maximum absolute atomic E-state index is 12.8. The number of hydrogen-bond acceptors (Lipinski definition) is 6. The van der Waals surface area contributed by atoms with Crippen LogP contribution in [0.1, 0.15) is 59.8 Å². The molecular weight excluding hydrogens is 398 g/mol. The van der Waals surface area contributed by atoms with Crippen molar-refractivity contribution in [1.82, 2.24) is 5.32 Å². The van der Waals surface area contributed by atoms with Crippen molar-refractivity contribution in [3.8, 4) is 0 Å². The Kier molecular flexibility index (Phi) is 6.20. The van der Waals surface area contributed by atoms with Crippen LogP contribution in [-0.2, 0) is 14.4 Å². The van der Waals surface area contributed by atoms with Gasteiger partial charge in [0, 0.05) is 11.6 Å². The van der Waals surface area contributed by atoms with Gasteiger partial charge >= 0.3 is 5.97 Å². The molecule has 1 saturated carbocycles. The minimum absolute atomic E-state index is 0.0135. The predicted molar refractivity (Wildman–Crippen MR) is 115 cm³/mol. The number of carboxylic acids is 1. The number of hydrogen-bond donors (Lipinski definition) is 4. The fourth-order valence-corrected chi connectivity index (χ4v) is 5.92. The van der Waals surface area contributed by atoms with Crippen molar-refractivity contribution in [2.24, 2.45) is 22.7 Å². The second-order valence-electron chi connectivity index (χ2n) is 9.85. The predicted octanol–water partition coefficient (Wildman–Crippen LogP) is 3.06. The van der Waals surface area contributed by atoms with E-state index in [0.29, 0.717) is 5.92 Å². The number of Topliss-reactive ketones (excluding diaryl/α,β-unsaturated/α-hetero) is 1. The Labute approximate surface area is 182 Å². The van der Waals surface area contributed by atoms with Crippen LogP contribution in [0.5, 0.6) is 0 Å². The number of carbonyl (C=O) groups excluding carboxylic acids is 2. The molecule has 3 rings (SSSR count). The SMILES string of the molecule is CC1=CCC[C@H]2[C@](C)(CC3=C(O)C(N[C@@H](CO)C(=O)O)=CC(=O)C3=O)[C@@H](C)CC[C@]12C. The van der Waals surface area contributed by atoms with Crippen molar-refractivity contribution >= 4 is 17.5 Å². The van der Waals surface area contributed by atoms with Crippen molar-refractivity contribution < 1.29 is 29.7 Å². The van der Waals surface area contributed by atoms with Crippen molar-refractivity contribution in [3.05, 3.63) is 34.8 Å². The quantitative estimate of drug-likeness (QED) is 0.289. The van der Waals surface area contributed by atoms with Gasteiger partial charge in [0.05, 0.1) is 12.3 Å². The summed E-state index contributed by atoms with van der Waals surface area (Å²) in [5.41, 5.74) is 0.964. The fraction of sp³-hybridized carbons (Fsp3) is 0.625. The van der Waals surface area contributed by atoms with Gasteiger partial charge in [0.1, 0.15) is 11.8 Å². The summed E-state index contributed by atoms with van der Waals surface area (Å²) in [6.45, 7) is 8.04. The topological polar surface area (TPSA) is 124 Å². The molecular formula is C24H33NO6. The summed E-state index contributed by atoms with van der Waals surface area (Å²) in [5, 5.41) is 31.8. The van der Waals surface area contributed by atoms with Crippen LogP contribution in [0, 0.1) is 22.7 Å². The molecule has 7 heteroatoms. The summed E-state index contributed by atoms with van der Waals surface area (Å²) < 4.78 is 0. The van der Waals surface area contributed by atoms with Gasteiger partial charge in [-0.2, -0.15) is 0 Å². The second-order valence-corrected chi connectivity index (χ2v) is 9.85. The lowest BCUT2D eigenvalue weighted by Gasteiger charge is -2.58. The number of carbonyl (C=O) groups is 3. The number of nitrogens with one attached hydrogen (secondary N) is 1. The molecule has 0 aromatic rings. The Balaban J connectivity index is 2.00. The maximum Gasteiger partial charge on any atom is 0.328 e. The number of aliphatic hydroxyl groups is 2. The van der Waals surface area contributed by atoms with E-state index >= 15 is 0 Å². The normalized spacial score (nSPS) is 34.6. The van der Waals surface area contributed by atoms with E-state index in [1.165, 1.54) is 5.57 Å². The van der Waals surface area contributed by atoms with Gasteiger partial charge in [-0.15, -0.1) is 0 Å². The molecule has 0 bridgehead atoms. The fourth-order valence-electron chi connectivity index (χ4n) is 5.92. The van der Waals surface area contributed by atoms with E-state index in [4.69, 9.17) is 0 Å². The van der Waals surface area contributed by atoms with Crippen molar-refractivity contribution in [1.29, 1.82) is 0 Å². The molecule has 0 heterocycles. The highest BCUT2D eigenvalue weighted by molar-refractivity contribution is 6.48. The Morgan fingerprint density at radius 1 is 1.29 bits per heavy atom. The average Bonchev–Trinajstić information content (AvgIpc) is 2.71. The number of carboxylic acid groups (broad SMARTS) is 1. The lowest BCUT2D eigenvalue weighted by atomic mass is 9.46. The van der Waals surface area contributed by atoms with E-state index in [-0.39, 0.29) is 34.4 Å². The van der Waals surface area contributed by atoms with Gasteiger partial charge in [-0.25, -0.2) is 4.79 Å². The summed E-state index contributed by atoms with van der Waals surface area (Å²) >= 11 is 0. The zero-order valence-electron chi connectivity index (χ0n) is 18.7. The minimum atomic E-state index is -1.39. The van der Waals surface area contributed by atoms with Gasteiger partial charge in [0.2, 0.25) is 11.6 Å². The molecule has 0 unspecified atom stereocenters.